The predicted octanol–water partition coefficient (Wildman–Crippen LogP) is 7.29. The van der Waals surface area contributed by atoms with E-state index in [9.17, 15) is 28.5 Å². The Morgan fingerprint density at radius 2 is 1.23 bits per heavy atom. The summed E-state index contributed by atoms with van der Waals surface area (Å²) < 4.78 is 58.8. The Bertz CT molecular complexity index is 1020. The van der Waals surface area contributed by atoms with Gasteiger partial charge < -0.3 is 34.3 Å². The third-order valence-electron chi connectivity index (χ3n) is 9.05. The third-order valence-corrected chi connectivity index (χ3v) is 9.51. The van der Waals surface area contributed by atoms with Crippen LogP contribution in [0.2, 0.25) is 0 Å². The van der Waals surface area contributed by atoms with Gasteiger partial charge in [-0.2, -0.15) is 8.42 Å². The highest BCUT2D eigenvalue weighted by Crippen LogP contribution is 2.26. The lowest BCUT2D eigenvalue weighted by Gasteiger charge is -2.41. The van der Waals surface area contributed by atoms with E-state index >= 15 is 0 Å². The summed E-state index contributed by atoms with van der Waals surface area (Å²) in [4.78, 5) is 12.8. The molecule has 1 heterocycles. The van der Waals surface area contributed by atoms with Crippen LogP contribution in [0.25, 0.3) is 0 Å². The Morgan fingerprint density at radius 3 is 1.79 bits per heavy atom. The fourth-order valence-corrected chi connectivity index (χ4v) is 6.45. The number of rotatable bonds is 34. The van der Waals surface area contributed by atoms with Crippen LogP contribution in [0, 0.1) is 0 Å². The van der Waals surface area contributed by atoms with Gasteiger partial charge in [0.25, 0.3) is 0 Å². The molecule has 13 heteroatoms. The van der Waals surface area contributed by atoms with E-state index in [1.165, 1.54) is 57.8 Å². The Balaban J connectivity index is 2.51. The zero-order valence-corrected chi connectivity index (χ0v) is 32.9. The fraction of sp³-hybridized carbons (Fsp3) is 0.872. The van der Waals surface area contributed by atoms with E-state index in [4.69, 9.17) is 23.5 Å². The van der Waals surface area contributed by atoms with Crippen molar-refractivity contribution in [3.63, 3.8) is 0 Å². The average molecular weight is 765 g/mol. The third kappa shape index (κ3) is 25.6. The Kier molecular flexibility index (Phi) is 29.8. The van der Waals surface area contributed by atoms with Gasteiger partial charge in [-0.15, -0.1) is 0 Å². The minimum Gasteiger partial charge on any atom is -0.457 e. The molecule has 52 heavy (non-hydrogen) atoms. The summed E-state index contributed by atoms with van der Waals surface area (Å²) >= 11 is 0. The summed E-state index contributed by atoms with van der Waals surface area (Å²) in [5.74, 6) is -0.412. The van der Waals surface area contributed by atoms with E-state index in [1.807, 2.05) is 0 Å². The van der Waals surface area contributed by atoms with Crippen LogP contribution >= 0.6 is 0 Å². The molecule has 0 amide bonds. The van der Waals surface area contributed by atoms with E-state index in [2.05, 4.69) is 42.3 Å². The smallest absolute Gasteiger partial charge is 0.397 e. The summed E-state index contributed by atoms with van der Waals surface area (Å²) in [7, 11) is -5.06. The topological polar surface area (TPSA) is 178 Å². The number of hydrogen-bond donors (Lipinski definition) is 4. The van der Waals surface area contributed by atoms with Gasteiger partial charge in [0.2, 0.25) is 0 Å². The molecule has 6 unspecified atom stereocenters. The minimum atomic E-state index is -5.06. The Morgan fingerprint density at radius 1 is 0.712 bits per heavy atom. The van der Waals surface area contributed by atoms with Crippen LogP contribution in [0.3, 0.4) is 0 Å². The van der Waals surface area contributed by atoms with Crippen LogP contribution in [0.5, 0.6) is 0 Å². The summed E-state index contributed by atoms with van der Waals surface area (Å²) in [5.41, 5.74) is 0. The molecule has 0 aromatic rings. The van der Waals surface area contributed by atoms with Crippen molar-refractivity contribution in [2.45, 2.75) is 192 Å². The highest BCUT2D eigenvalue weighted by molar-refractivity contribution is 7.80. The molecule has 0 saturated carbocycles. The molecule has 12 nitrogen and oxygen atoms in total. The van der Waals surface area contributed by atoms with Crippen molar-refractivity contribution in [2.24, 2.45) is 0 Å². The molecule has 1 aliphatic heterocycles. The van der Waals surface area contributed by atoms with Gasteiger partial charge in [-0.1, -0.05) is 115 Å². The molecule has 1 rings (SSSR count). The van der Waals surface area contributed by atoms with Gasteiger partial charge in [0, 0.05) is 13.0 Å². The van der Waals surface area contributed by atoms with Crippen LogP contribution in [0.15, 0.2) is 24.3 Å². The highest BCUT2D eigenvalue weighted by Gasteiger charge is 2.48. The number of carbonyl (C=O) groups is 1. The van der Waals surface area contributed by atoms with Crippen LogP contribution < -0.4 is 0 Å². The maximum atomic E-state index is 12.8. The van der Waals surface area contributed by atoms with E-state index < -0.39 is 59.8 Å². The molecular weight excluding hydrogens is 692 g/mol. The van der Waals surface area contributed by atoms with Crippen molar-refractivity contribution in [1.29, 1.82) is 0 Å². The number of aliphatic hydroxyl groups excluding tert-OH is 3. The van der Waals surface area contributed by atoms with Gasteiger partial charge in [0.15, 0.2) is 6.29 Å². The number of carbonyl (C=O) groups excluding carboxylic acids is 1. The molecule has 1 aliphatic rings. The molecular formula is C39H72O12S. The molecule has 0 aromatic heterocycles. The largest absolute Gasteiger partial charge is 0.457 e. The first-order valence-electron chi connectivity index (χ1n) is 20.1. The molecule has 306 valence electrons. The molecule has 4 N–H and O–H groups in total. The van der Waals surface area contributed by atoms with Crippen molar-refractivity contribution < 1.29 is 56.2 Å². The van der Waals surface area contributed by atoms with E-state index in [0.717, 1.165) is 70.6 Å². The van der Waals surface area contributed by atoms with Gasteiger partial charge in [0.05, 0.1) is 19.8 Å². The van der Waals surface area contributed by atoms with E-state index in [1.54, 1.807) is 0 Å². The summed E-state index contributed by atoms with van der Waals surface area (Å²) in [6.45, 7) is 3.89. The van der Waals surface area contributed by atoms with Crippen LogP contribution in [0.1, 0.15) is 155 Å². The Hall–Kier alpha value is -1.42. The maximum Gasteiger partial charge on any atom is 0.397 e. The predicted molar refractivity (Wildman–Crippen MR) is 202 cm³/mol. The zero-order valence-electron chi connectivity index (χ0n) is 32.1. The van der Waals surface area contributed by atoms with Crippen LogP contribution in [-0.4, -0.2) is 97.5 Å². The average Bonchev–Trinajstić information content (AvgIpc) is 3.11. The Labute approximate surface area is 314 Å². The first-order chi connectivity index (χ1) is 25.1. The van der Waals surface area contributed by atoms with Crippen molar-refractivity contribution in [1.82, 2.24) is 0 Å². The van der Waals surface area contributed by atoms with Crippen molar-refractivity contribution in [3.8, 4) is 0 Å². The SMILES string of the molecule is CCCC/C=C\CCCCCCCCOCC(COC1OC(CO)C(O)C(OS(=O)(=O)O)C1O)OC(=O)CCCCCCC/C=C\CCCCCC. The first kappa shape index (κ1) is 48.6. The highest BCUT2D eigenvalue weighted by atomic mass is 32.3. The van der Waals surface area contributed by atoms with Gasteiger partial charge >= 0.3 is 16.4 Å². The molecule has 1 fully saturated rings. The van der Waals surface area contributed by atoms with Crippen molar-refractivity contribution >= 4 is 16.4 Å². The number of aliphatic hydroxyl groups is 3. The van der Waals surface area contributed by atoms with Gasteiger partial charge in [-0.3, -0.25) is 9.35 Å². The molecule has 0 aromatic carbocycles. The molecule has 0 bridgehead atoms. The molecule has 1 saturated heterocycles. The lowest BCUT2D eigenvalue weighted by atomic mass is 9.99. The van der Waals surface area contributed by atoms with Gasteiger partial charge in [-0.25, -0.2) is 4.18 Å². The number of unbranched alkanes of at least 4 members (excludes halogenated alkanes) is 17. The van der Waals surface area contributed by atoms with Crippen LogP contribution in [0.4, 0.5) is 0 Å². The lowest BCUT2D eigenvalue weighted by molar-refractivity contribution is -0.301. The summed E-state index contributed by atoms with van der Waals surface area (Å²) in [5, 5.41) is 30.5. The molecule has 0 aliphatic carbocycles. The maximum absolute atomic E-state index is 12.8. The van der Waals surface area contributed by atoms with Crippen LogP contribution in [-0.2, 0) is 38.3 Å². The van der Waals surface area contributed by atoms with Gasteiger partial charge in [-0.05, 0) is 57.8 Å². The molecule has 0 spiro atoms. The van der Waals surface area contributed by atoms with Gasteiger partial charge in [0.1, 0.15) is 30.5 Å². The fourth-order valence-electron chi connectivity index (χ4n) is 5.94. The first-order valence-corrected chi connectivity index (χ1v) is 21.5. The number of ether oxygens (including phenoxy) is 4. The molecule has 6 atom stereocenters. The summed E-state index contributed by atoms with van der Waals surface area (Å²) in [6.07, 6.45) is 23.6. The number of allylic oxidation sites excluding steroid dienone is 4. The van der Waals surface area contributed by atoms with Crippen molar-refractivity contribution in [3.05, 3.63) is 24.3 Å². The second-order valence-electron chi connectivity index (χ2n) is 13.9. The summed E-state index contributed by atoms with van der Waals surface area (Å²) in [6, 6.07) is 0. The van der Waals surface area contributed by atoms with E-state index in [0.29, 0.717) is 13.0 Å². The number of hydrogen-bond acceptors (Lipinski definition) is 11. The normalized spacial score (nSPS) is 21.7. The zero-order chi connectivity index (χ0) is 38.3. The lowest BCUT2D eigenvalue weighted by Crippen LogP contribution is -2.60. The standard InChI is InChI=1S/C39H72O12S/c1-3-5-7-9-11-13-15-17-18-20-22-24-26-28-35(41)49-33(31-47-29-27-25-23-21-19-16-14-12-10-8-6-4-2)32-48-39-37(43)38(51-52(44,45)46)36(42)34(30-40)50-39/h10,12-13,15,33-34,36-40,42-43H,3-9,11,14,16-32H2,1-2H3,(H,44,45,46)/b12-10-,15-13-. The monoisotopic (exact) mass is 764 g/mol. The van der Waals surface area contributed by atoms with E-state index in [-0.39, 0.29) is 19.6 Å². The minimum absolute atomic E-state index is 0.0298. The number of esters is 1. The quantitative estimate of drug-likeness (QED) is 0.0223. The second-order valence-corrected chi connectivity index (χ2v) is 14.9. The molecule has 0 radical (unpaired) electrons. The van der Waals surface area contributed by atoms with Crippen molar-refractivity contribution in [2.75, 3.05) is 26.4 Å². The second kappa shape index (κ2) is 31.9.